The highest BCUT2D eigenvalue weighted by Crippen LogP contribution is 2.26. The van der Waals surface area contributed by atoms with E-state index >= 15 is 0 Å². The van der Waals surface area contributed by atoms with Gasteiger partial charge < -0.3 is 5.32 Å². The van der Waals surface area contributed by atoms with Crippen LogP contribution in [0.4, 0.5) is 11.6 Å². The van der Waals surface area contributed by atoms with Gasteiger partial charge in [0.15, 0.2) is 0 Å². The maximum absolute atomic E-state index is 12.0. The molecule has 0 saturated carbocycles. The van der Waals surface area contributed by atoms with E-state index < -0.39 is 6.04 Å². The summed E-state index contributed by atoms with van der Waals surface area (Å²) in [7, 11) is 0. The number of nitrogens with zero attached hydrogens (tertiary/aromatic N) is 3. The first-order chi connectivity index (χ1) is 10.0. The summed E-state index contributed by atoms with van der Waals surface area (Å²) in [6, 6.07) is 3.99. The Labute approximate surface area is 129 Å². The lowest BCUT2D eigenvalue weighted by Gasteiger charge is -2.10. The van der Waals surface area contributed by atoms with E-state index in [1.54, 1.807) is 18.2 Å². The lowest BCUT2D eigenvalue weighted by Crippen LogP contribution is -2.23. The second kappa shape index (κ2) is 5.34. The van der Waals surface area contributed by atoms with E-state index in [0.717, 1.165) is 0 Å². The quantitative estimate of drug-likeness (QED) is 0.904. The number of carbonyl (C=O) groups excluding carboxylic acids is 2. The number of anilines is 2. The molecule has 108 valence electrons. The van der Waals surface area contributed by atoms with Crippen LogP contribution in [-0.4, -0.2) is 26.6 Å². The molecular weight excluding hydrogens is 317 g/mol. The normalized spacial score (nSPS) is 16.5. The maximum Gasteiger partial charge on any atom is 0.252 e. The molecule has 3 rings (SSSR count). The zero-order valence-electron chi connectivity index (χ0n) is 10.5. The van der Waals surface area contributed by atoms with Gasteiger partial charge in [0, 0.05) is 15.7 Å². The third kappa shape index (κ3) is 2.84. The van der Waals surface area contributed by atoms with E-state index in [9.17, 15) is 9.59 Å². The summed E-state index contributed by atoms with van der Waals surface area (Å²) in [6.07, 6.45) is 1.25. The molecule has 1 aliphatic rings. The lowest BCUT2D eigenvalue weighted by atomic mass is 10.2. The number of benzene rings is 1. The van der Waals surface area contributed by atoms with Crippen LogP contribution >= 0.6 is 23.2 Å². The Balaban J connectivity index is 1.71. The first kappa shape index (κ1) is 13.8. The summed E-state index contributed by atoms with van der Waals surface area (Å²) in [5.74, 6) is -0.328. The molecule has 0 saturated heterocycles. The molecule has 0 unspecified atom stereocenters. The Kier molecular flexibility index (Phi) is 3.52. The molecule has 0 aliphatic carbocycles. The van der Waals surface area contributed by atoms with Crippen molar-refractivity contribution in [2.24, 2.45) is 0 Å². The van der Waals surface area contributed by atoms with Crippen LogP contribution in [0.25, 0.3) is 0 Å². The molecular formula is C12H9Cl2N5O2. The van der Waals surface area contributed by atoms with E-state index in [1.165, 1.54) is 11.0 Å². The standard InChI is InChI=1S/C12H9Cl2N5O2/c13-6-1-7(14)3-8(2-6)17-10(20)4-9-11(21)18-12-15-5-16-19(9)12/h1-3,5,9H,4H2,(H,17,20)(H,15,16,18,21)/t9-/m0/s1. The van der Waals surface area contributed by atoms with Crippen molar-refractivity contribution in [2.75, 3.05) is 10.6 Å². The Morgan fingerprint density at radius 3 is 2.76 bits per heavy atom. The minimum atomic E-state index is -0.711. The van der Waals surface area contributed by atoms with Crippen molar-refractivity contribution in [3.63, 3.8) is 0 Å². The summed E-state index contributed by atoms with van der Waals surface area (Å²) < 4.78 is 1.38. The first-order valence-corrected chi connectivity index (χ1v) is 6.75. The number of hydrogen-bond donors (Lipinski definition) is 2. The Morgan fingerprint density at radius 1 is 1.33 bits per heavy atom. The zero-order chi connectivity index (χ0) is 15.0. The van der Waals surface area contributed by atoms with Gasteiger partial charge in [0.2, 0.25) is 11.9 Å². The van der Waals surface area contributed by atoms with Crippen molar-refractivity contribution in [1.29, 1.82) is 0 Å². The molecule has 0 bridgehead atoms. The molecule has 1 aromatic heterocycles. The minimum absolute atomic E-state index is 0.0632. The third-order valence-corrected chi connectivity index (χ3v) is 3.37. The number of hydrogen-bond acceptors (Lipinski definition) is 4. The van der Waals surface area contributed by atoms with Crippen molar-refractivity contribution in [3.05, 3.63) is 34.6 Å². The van der Waals surface area contributed by atoms with Crippen LogP contribution in [0.15, 0.2) is 24.5 Å². The Bertz CT molecular complexity index is 710. The molecule has 1 atom stereocenters. The van der Waals surface area contributed by atoms with Gasteiger partial charge in [-0.25, -0.2) is 4.68 Å². The molecule has 1 aromatic carbocycles. The monoisotopic (exact) mass is 325 g/mol. The number of fused-ring (bicyclic) bond motifs is 1. The van der Waals surface area contributed by atoms with Crippen LogP contribution in [0.3, 0.4) is 0 Å². The van der Waals surface area contributed by atoms with Crippen molar-refractivity contribution in [2.45, 2.75) is 12.5 Å². The summed E-state index contributed by atoms with van der Waals surface area (Å²) >= 11 is 11.7. The van der Waals surface area contributed by atoms with Gasteiger partial charge in [-0.15, -0.1) is 0 Å². The molecule has 9 heteroatoms. The summed E-state index contributed by atoms with van der Waals surface area (Å²) in [5.41, 5.74) is 0.467. The van der Waals surface area contributed by atoms with E-state index in [0.29, 0.717) is 21.7 Å². The molecule has 1 aliphatic heterocycles. The second-order valence-corrected chi connectivity index (χ2v) is 5.32. The van der Waals surface area contributed by atoms with Crippen LogP contribution < -0.4 is 10.6 Å². The van der Waals surface area contributed by atoms with Crippen LogP contribution in [0.5, 0.6) is 0 Å². The van der Waals surface area contributed by atoms with Crippen LogP contribution in [0.2, 0.25) is 10.0 Å². The number of carbonyl (C=O) groups is 2. The number of amides is 2. The summed E-state index contributed by atoms with van der Waals surface area (Å²) in [6.45, 7) is 0. The van der Waals surface area contributed by atoms with Crippen molar-refractivity contribution >= 4 is 46.7 Å². The molecule has 0 fully saturated rings. The number of rotatable bonds is 3. The first-order valence-electron chi connectivity index (χ1n) is 5.99. The van der Waals surface area contributed by atoms with Gasteiger partial charge in [0.1, 0.15) is 12.4 Å². The van der Waals surface area contributed by atoms with Crippen molar-refractivity contribution < 1.29 is 9.59 Å². The van der Waals surface area contributed by atoms with Crippen molar-refractivity contribution in [1.82, 2.24) is 14.8 Å². The van der Waals surface area contributed by atoms with Gasteiger partial charge in [-0.05, 0) is 18.2 Å². The van der Waals surface area contributed by atoms with E-state index in [2.05, 4.69) is 20.7 Å². The minimum Gasteiger partial charge on any atom is -0.326 e. The summed E-state index contributed by atoms with van der Waals surface area (Å²) in [5, 5.41) is 9.93. The second-order valence-electron chi connectivity index (χ2n) is 4.44. The smallest absolute Gasteiger partial charge is 0.252 e. The fourth-order valence-electron chi connectivity index (χ4n) is 2.06. The molecule has 7 nitrogen and oxygen atoms in total. The van der Waals surface area contributed by atoms with Gasteiger partial charge >= 0.3 is 0 Å². The van der Waals surface area contributed by atoms with Crippen LogP contribution in [0.1, 0.15) is 12.5 Å². The van der Waals surface area contributed by atoms with Gasteiger partial charge in [-0.2, -0.15) is 10.1 Å². The van der Waals surface area contributed by atoms with Crippen LogP contribution in [0, 0.1) is 0 Å². The highest BCUT2D eigenvalue weighted by molar-refractivity contribution is 6.35. The fourth-order valence-corrected chi connectivity index (χ4v) is 2.59. The highest BCUT2D eigenvalue weighted by atomic mass is 35.5. The van der Waals surface area contributed by atoms with Gasteiger partial charge in [0.25, 0.3) is 5.91 Å². The van der Waals surface area contributed by atoms with Gasteiger partial charge in [-0.1, -0.05) is 23.2 Å². The third-order valence-electron chi connectivity index (χ3n) is 2.93. The Hall–Kier alpha value is -2.12. The van der Waals surface area contributed by atoms with E-state index in [-0.39, 0.29) is 18.2 Å². The zero-order valence-corrected chi connectivity index (χ0v) is 12.0. The average molecular weight is 326 g/mol. The fraction of sp³-hybridized carbons (Fsp3) is 0.167. The molecule has 21 heavy (non-hydrogen) atoms. The van der Waals surface area contributed by atoms with Gasteiger partial charge in [0.05, 0.1) is 6.42 Å². The Morgan fingerprint density at radius 2 is 2.05 bits per heavy atom. The number of halogens is 2. The summed E-state index contributed by atoms with van der Waals surface area (Å²) in [4.78, 5) is 27.6. The van der Waals surface area contributed by atoms with Gasteiger partial charge in [-0.3, -0.25) is 14.9 Å². The predicted molar refractivity (Wildman–Crippen MR) is 77.4 cm³/mol. The molecule has 0 spiro atoms. The highest BCUT2D eigenvalue weighted by Gasteiger charge is 2.33. The molecule has 2 heterocycles. The number of nitrogens with one attached hydrogen (secondary N) is 2. The maximum atomic E-state index is 12.0. The topological polar surface area (TPSA) is 88.9 Å². The van der Waals surface area contributed by atoms with E-state index in [1.807, 2.05) is 0 Å². The molecule has 2 amide bonds. The lowest BCUT2D eigenvalue weighted by molar-refractivity contribution is -0.123. The molecule has 2 aromatic rings. The largest absolute Gasteiger partial charge is 0.326 e. The van der Waals surface area contributed by atoms with Crippen molar-refractivity contribution in [3.8, 4) is 0 Å². The predicted octanol–water partition coefficient (Wildman–Crippen LogP) is 2.11. The molecule has 2 N–H and O–H groups in total. The average Bonchev–Trinajstić information content (AvgIpc) is 2.91. The van der Waals surface area contributed by atoms with E-state index in [4.69, 9.17) is 23.2 Å². The number of aromatic nitrogens is 3. The van der Waals surface area contributed by atoms with Crippen LogP contribution in [-0.2, 0) is 9.59 Å². The SMILES string of the molecule is O=C(C[C@H]1C(=O)Nc2ncnn21)Nc1cc(Cl)cc(Cl)c1. The molecule has 0 radical (unpaired) electrons.